The first kappa shape index (κ1) is 20.6. The monoisotopic (exact) mass is 464 g/mol. The van der Waals surface area contributed by atoms with E-state index in [4.69, 9.17) is 67.5 Å². The van der Waals surface area contributed by atoms with Crippen molar-refractivity contribution >= 4 is 69.8 Å². The lowest BCUT2D eigenvalue weighted by Gasteiger charge is -2.25. The second-order valence-electron chi connectivity index (χ2n) is 5.59. The molecule has 0 amide bonds. The number of hydrogen-bond donors (Lipinski definition) is 0. The van der Waals surface area contributed by atoms with Gasteiger partial charge < -0.3 is 9.47 Å². The number of alkyl halides is 3. The summed E-state index contributed by atoms with van der Waals surface area (Å²) in [4.78, 5) is 8.63. The fourth-order valence-corrected chi connectivity index (χ4v) is 3.25. The minimum absolute atomic E-state index is 0.202. The fourth-order valence-electron chi connectivity index (χ4n) is 2.47. The molecule has 142 valence electrons. The maximum Gasteiger partial charge on any atom is 0.232 e. The number of benzene rings is 2. The van der Waals surface area contributed by atoms with E-state index < -0.39 is 9.96 Å². The highest BCUT2D eigenvalue weighted by Gasteiger charge is 2.36. The van der Waals surface area contributed by atoms with E-state index in [1.807, 2.05) is 24.3 Å². The third-order valence-electron chi connectivity index (χ3n) is 3.71. The predicted molar refractivity (Wildman–Crippen MR) is 112 cm³/mol. The Morgan fingerprint density at radius 1 is 1.07 bits per heavy atom. The highest BCUT2D eigenvalue weighted by atomic mass is 35.6. The second-order valence-corrected chi connectivity index (χ2v) is 8.80. The van der Waals surface area contributed by atoms with E-state index in [0.717, 1.165) is 5.56 Å². The van der Waals surface area contributed by atoms with Gasteiger partial charge in [-0.2, -0.15) is 0 Å². The summed E-state index contributed by atoms with van der Waals surface area (Å²) in [7, 11) is 1.59. The Morgan fingerprint density at radius 2 is 1.81 bits per heavy atom. The van der Waals surface area contributed by atoms with Crippen molar-refractivity contribution in [2.24, 2.45) is 9.98 Å². The number of para-hydroxylation sites is 1. The van der Waals surface area contributed by atoms with Gasteiger partial charge in [0.2, 0.25) is 9.69 Å². The first-order chi connectivity index (χ1) is 12.8. The van der Waals surface area contributed by atoms with Crippen molar-refractivity contribution in [1.29, 1.82) is 0 Å². The van der Waals surface area contributed by atoms with Gasteiger partial charge in [-0.1, -0.05) is 76.2 Å². The van der Waals surface area contributed by atoms with Crippen molar-refractivity contribution in [3.05, 3.63) is 63.6 Å². The van der Waals surface area contributed by atoms with Gasteiger partial charge in [0.25, 0.3) is 0 Å². The average Bonchev–Trinajstić information content (AvgIpc) is 2.61. The molecule has 0 radical (unpaired) electrons. The molecule has 0 saturated carbocycles. The number of halogens is 5. The zero-order valence-corrected chi connectivity index (χ0v) is 17.7. The van der Waals surface area contributed by atoms with E-state index in [9.17, 15) is 0 Å². The molecular weight excluding hydrogens is 453 g/mol. The Morgan fingerprint density at radius 3 is 2.48 bits per heavy atom. The standard InChI is InChI=1S/C18H13Cl5N2O2/c1-26-14-5-3-2-4-10(14)8-15-24-17(18(21,22)23)25-16(27-15)12-7-6-11(19)9-13(12)20/h2-7,9,17H,8H2,1H3. The lowest BCUT2D eigenvalue weighted by atomic mass is 10.1. The van der Waals surface area contributed by atoms with Crippen LogP contribution in [0.15, 0.2) is 52.4 Å². The van der Waals surface area contributed by atoms with Gasteiger partial charge in [0.1, 0.15) is 5.75 Å². The lowest BCUT2D eigenvalue weighted by Crippen LogP contribution is -2.32. The first-order valence-electron chi connectivity index (χ1n) is 7.74. The molecular formula is C18H13Cl5N2O2. The Labute approximate surface area is 181 Å². The quantitative estimate of drug-likeness (QED) is 0.510. The summed E-state index contributed by atoms with van der Waals surface area (Å²) < 4.78 is 9.48. The van der Waals surface area contributed by atoms with Crippen LogP contribution in [0.3, 0.4) is 0 Å². The Balaban J connectivity index is 1.97. The molecule has 0 N–H and O–H groups in total. The molecule has 1 aliphatic rings. The topological polar surface area (TPSA) is 43.2 Å². The van der Waals surface area contributed by atoms with Gasteiger partial charge in [0.05, 0.1) is 24.1 Å². The maximum atomic E-state index is 6.28. The summed E-state index contributed by atoms with van der Waals surface area (Å²) in [6.07, 6.45) is -0.659. The van der Waals surface area contributed by atoms with Gasteiger partial charge >= 0.3 is 0 Å². The van der Waals surface area contributed by atoms with E-state index in [2.05, 4.69) is 9.98 Å². The number of hydrogen-bond acceptors (Lipinski definition) is 4. The summed E-state index contributed by atoms with van der Waals surface area (Å²) in [6.45, 7) is 0. The number of nitrogens with zero attached hydrogens (tertiary/aromatic N) is 2. The van der Waals surface area contributed by atoms with Crippen molar-refractivity contribution in [1.82, 2.24) is 0 Å². The highest BCUT2D eigenvalue weighted by molar-refractivity contribution is 6.68. The van der Waals surface area contributed by atoms with Crippen molar-refractivity contribution in [2.45, 2.75) is 16.4 Å². The molecule has 1 heterocycles. The molecule has 4 nitrogen and oxygen atoms in total. The molecule has 27 heavy (non-hydrogen) atoms. The van der Waals surface area contributed by atoms with Crippen molar-refractivity contribution < 1.29 is 9.47 Å². The summed E-state index contributed by atoms with van der Waals surface area (Å²) in [6, 6.07) is 12.4. The fraction of sp³-hybridized carbons (Fsp3) is 0.222. The molecule has 2 aromatic carbocycles. The molecule has 0 fully saturated rings. The minimum atomic E-state index is -1.75. The second kappa shape index (κ2) is 8.46. The number of rotatable bonds is 4. The Kier molecular flexibility index (Phi) is 6.44. The molecule has 1 atom stereocenters. The summed E-state index contributed by atoms with van der Waals surface area (Å²) in [5.74, 6) is 1.22. The van der Waals surface area contributed by atoms with Gasteiger partial charge in [-0.25, -0.2) is 9.98 Å². The van der Waals surface area contributed by atoms with Crippen LogP contribution in [0.1, 0.15) is 11.1 Å². The van der Waals surface area contributed by atoms with E-state index >= 15 is 0 Å². The van der Waals surface area contributed by atoms with Crippen LogP contribution in [-0.4, -0.2) is 28.9 Å². The van der Waals surface area contributed by atoms with Crippen molar-refractivity contribution in [3.63, 3.8) is 0 Å². The van der Waals surface area contributed by atoms with E-state index in [0.29, 0.717) is 33.7 Å². The molecule has 0 aromatic heterocycles. The number of ether oxygens (including phenoxy) is 2. The molecule has 1 unspecified atom stereocenters. The normalized spacial score (nSPS) is 17.0. The van der Waals surface area contributed by atoms with Crippen LogP contribution >= 0.6 is 58.0 Å². The first-order valence-corrected chi connectivity index (χ1v) is 9.63. The summed E-state index contributed by atoms with van der Waals surface area (Å²) >= 11 is 30.4. The van der Waals surface area contributed by atoms with Crippen LogP contribution in [0.4, 0.5) is 0 Å². The largest absolute Gasteiger partial charge is 0.496 e. The van der Waals surface area contributed by atoms with Crippen LogP contribution in [-0.2, 0) is 11.2 Å². The molecule has 0 bridgehead atoms. The molecule has 1 aliphatic heterocycles. The summed E-state index contributed by atoms with van der Waals surface area (Å²) in [5, 5.41) is 0.851. The van der Waals surface area contributed by atoms with E-state index in [1.54, 1.807) is 25.3 Å². The zero-order chi connectivity index (χ0) is 19.6. The third-order valence-corrected chi connectivity index (χ3v) is 4.84. The van der Waals surface area contributed by atoms with Gasteiger partial charge in [0.15, 0.2) is 12.1 Å². The third kappa shape index (κ3) is 5.01. The van der Waals surface area contributed by atoms with Gasteiger partial charge in [-0.3, -0.25) is 0 Å². The molecule has 0 spiro atoms. The molecule has 2 aromatic rings. The van der Waals surface area contributed by atoms with Crippen molar-refractivity contribution in [2.75, 3.05) is 7.11 Å². The summed E-state index contributed by atoms with van der Waals surface area (Å²) in [5.41, 5.74) is 1.39. The number of aliphatic imine (C=N–C) groups is 2. The minimum Gasteiger partial charge on any atom is -0.496 e. The van der Waals surface area contributed by atoms with Crippen LogP contribution in [0.2, 0.25) is 10.0 Å². The van der Waals surface area contributed by atoms with E-state index in [1.165, 1.54) is 0 Å². The highest BCUT2D eigenvalue weighted by Crippen LogP contribution is 2.36. The van der Waals surface area contributed by atoms with Crippen molar-refractivity contribution in [3.8, 4) is 5.75 Å². The lowest BCUT2D eigenvalue weighted by molar-refractivity contribution is 0.409. The predicted octanol–water partition coefficient (Wildman–Crippen LogP) is 6.12. The average molecular weight is 467 g/mol. The molecule has 0 aliphatic carbocycles. The SMILES string of the molecule is COc1ccccc1CC1=NC(C(Cl)(Cl)Cl)N=C(c2ccc(Cl)cc2Cl)O1. The van der Waals surface area contributed by atoms with Crippen LogP contribution in [0, 0.1) is 0 Å². The Hall–Kier alpha value is -1.17. The zero-order valence-electron chi connectivity index (χ0n) is 13.9. The van der Waals surface area contributed by atoms with Crippen LogP contribution in [0.25, 0.3) is 0 Å². The molecule has 0 saturated heterocycles. The smallest absolute Gasteiger partial charge is 0.232 e. The maximum absolute atomic E-state index is 6.28. The van der Waals surface area contributed by atoms with Gasteiger partial charge in [0, 0.05) is 10.6 Å². The Bertz CT molecular complexity index is 909. The van der Waals surface area contributed by atoms with Crippen LogP contribution < -0.4 is 4.74 Å². The van der Waals surface area contributed by atoms with Gasteiger partial charge in [-0.05, 0) is 24.3 Å². The van der Waals surface area contributed by atoms with Gasteiger partial charge in [-0.15, -0.1) is 0 Å². The van der Waals surface area contributed by atoms with Crippen LogP contribution in [0.5, 0.6) is 5.75 Å². The molecule has 9 heteroatoms. The van der Waals surface area contributed by atoms with E-state index in [-0.39, 0.29) is 5.90 Å². The molecule has 3 rings (SSSR count). The number of methoxy groups -OCH3 is 1.